The molecule has 0 amide bonds. The zero-order chi connectivity index (χ0) is 22.5. The predicted octanol–water partition coefficient (Wildman–Crippen LogP) is 5.49. The van der Waals surface area contributed by atoms with E-state index in [2.05, 4.69) is 0 Å². The van der Waals surface area contributed by atoms with E-state index in [1.54, 1.807) is 0 Å². The molecule has 4 nitrogen and oxygen atoms in total. The van der Waals surface area contributed by atoms with Gasteiger partial charge in [0.1, 0.15) is 6.10 Å². The average Bonchev–Trinajstić information content (AvgIpc) is 2.87. The Kier molecular flexibility index (Phi) is 6.54. The van der Waals surface area contributed by atoms with Crippen molar-refractivity contribution in [3.63, 3.8) is 0 Å². The number of ether oxygens (including phenoxy) is 1. The van der Waals surface area contributed by atoms with Crippen molar-refractivity contribution in [3.05, 3.63) is 0 Å². The van der Waals surface area contributed by atoms with Gasteiger partial charge in [-0.3, -0.25) is 4.79 Å². The number of esters is 1. The van der Waals surface area contributed by atoms with E-state index in [4.69, 9.17) is 4.74 Å². The Bertz CT molecular complexity index is 660. The molecule has 6 aliphatic carbocycles. The molecule has 0 aromatic rings. The average molecular weight is 459 g/mol. The normalized spacial score (nSPS) is 51.9. The van der Waals surface area contributed by atoms with E-state index in [-0.39, 0.29) is 30.2 Å². The molecule has 0 saturated heterocycles. The molecule has 0 heterocycles. The highest BCUT2D eigenvalue weighted by atomic mass is 16.5. The third-order valence-corrected chi connectivity index (χ3v) is 11.5. The second kappa shape index (κ2) is 9.45. The van der Waals surface area contributed by atoms with Crippen molar-refractivity contribution in [1.82, 2.24) is 0 Å². The van der Waals surface area contributed by atoms with Crippen molar-refractivity contribution < 1.29 is 19.7 Å². The van der Waals surface area contributed by atoms with Gasteiger partial charge in [0.15, 0.2) is 0 Å². The quantitative estimate of drug-likeness (QED) is 0.537. The third kappa shape index (κ3) is 3.90. The lowest BCUT2D eigenvalue weighted by Gasteiger charge is -2.55. The Morgan fingerprint density at radius 2 is 0.788 bits per heavy atom. The molecule has 8 unspecified atom stereocenters. The molecular formula is C29H46O4. The van der Waals surface area contributed by atoms with Gasteiger partial charge in [-0.25, -0.2) is 0 Å². The molecule has 6 fully saturated rings. The van der Waals surface area contributed by atoms with Gasteiger partial charge < -0.3 is 14.9 Å². The molecule has 6 aliphatic rings. The van der Waals surface area contributed by atoms with Gasteiger partial charge in [-0.2, -0.15) is 0 Å². The highest BCUT2D eigenvalue weighted by Crippen LogP contribution is 2.55. The summed E-state index contributed by atoms with van der Waals surface area (Å²) in [5, 5.41) is 22.5. The lowest BCUT2D eigenvalue weighted by atomic mass is 9.53. The number of rotatable bonds is 2. The largest absolute Gasteiger partial charge is 0.462 e. The summed E-state index contributed by atoms with van der Waals surface area (Å²) in [6, 6.07) is 0. The van der Waals surface area contributed by atoms with Crippen LogP contribution in [0.25, 0.3) is 0 Å². The SMILES string of the molecule is O=C(OC1C2CCCCC2C(O)C2CCCCC21)C1C2CCCCC2C(O)C2CCCCC21. The van der Waals surface area contributed by atoms with E-state index in [0.717, 1.165) is 51.4 Å². The molecule has 0 aromatic carbocycles. The van der Waals surface area contributed by atoms with Crippen LogP contribution < -0.4 is 0 Å². The van der Waals surface area contributed by atoms with Gasteiger partial charge in [0, 0.05) is 11.8 Å². The first-order chi connectivity index (χ1) is 16.1. The van der Waals surface area contributed by atoms with Crippen LogP contribution in [0.15, 0.2) is 0 Å². The maximum absolute atomic E-state index is 14.1. The Balaban J connectivity index is 1.28. The Morgan fingerprint density at radius 3 is 1.18 bits per heavy atom. The number of fused-ring (bicyclic) bond motifs is 4. The second-order valence-electron chi connectivity index (χ2n) is 12.9. The monoisotopic (exact) mass is 458 g/mol. The molecule has 2 N–H and O–H groups in total. The molecule has 0 spiro atoms. The fourth-order valence-corrected chi connectivity index (χ4v) is 10.2. The van der Waals surface area contributed by atoms with Crippen LogP contribution in [-0.4, -0.2) is 34.5 Å². The summed E-state index contributed by atoms with van der Waals surface area (Å²) in [5.41, 5.74) is 0. The summed E-state index contributed by atoms with van der Waals surface area (Å²) < 4.78 is 6.72. The fourth-order valence-electron chi connectivity index (χ4n) is 10.2. The fraction of sp³-hybridized carbons (Fsp3) is 0.966. The number of carbonyl (C=O) groups is 1. The van der Waals surface area contributed by atoms with E-state index in [0.29, 0.717) is 47.3 Å². The van der Waals surface area contributed by atoms with Crippen LogP contribution in [0.3, 0.4) is 0 Å². The van der Waals surface area contributed by atoms with Gasteiger partial charge in [0.2, 0.25) is 0 Å². The van der Waals surface area contributed by atoms with Gasteiger partial charge in [-0.15, -0.1) is 0 Å². The zero-order valence-corrected chi connectivity index (χ0v) is 20.5. The highest BCUT2D eigenvalue weighted by molar-refractivity contribution is 5.74. The van der Waals surface area contributed by atoms with Gasteiger partial charge in [0.05, 0.1) is 18.1 Å². The molecule has 6 saturated carbocycles. The van der Waals surface area contributed by atoms with E-state index < -0.39 is 0 Å². The minimum absolute atomic E-state index is 0.0000638. The molecule has 0 aromatic heterocycles. The summed E-state index contributed by atoms with van der Waals surface area (Å²) in [5.74, 6) is 2.69. The van der Waals surface area contributed by atoms with E-state index >= 15 is 0 Å². The minimum Gasteiger partial charge on any atom is -0.462 e. The van der Waals surface area contributed by atoms with Crippen LogP contribution in [0.2, 0.25) is 0 Å². The molecule has 33 heavy (non-hydrogen) atoms. The van der Waals surface area contributed by atoms with Crippen LogP contribution in [0, 0.1) is 53.3 Å². The first kappa shape index (κ1) is 22.8. The molecule has 0 aliphatic heterocycles. The Morgan fingerprint density at radius 1 is 0.485 bits per heavy atom. The standard InChI is InChI=1S/C29H46O4/c30-26-19-11-3-1-9-17(19)25(18-10-2-4-12-20(18)26)29(32)33-28-23-15-7-5-13-21(23)27(31)22-14-6-8-16-24(22)28/h17-28,30-31H,1-16H2. The summed E-state index contributed by atoms with van der Waals surface area (Å²) in [6.07, 6.45) is 18.1. The van der Waals surface area contributed by atoms with Crippen LogP contribution >= 0.6 is 0 Å². The number of hydrogen-bond acceptors (Lipinski definition) is 4. The maximum Gasteiger partial charge on any atom is 0.309 e. The van der Waals surface area contributed by atoms with Crippen LogP contribution in [0.4, 0.5) is 0 Å². The summed E-state index contributed by atoms with van der Waals surface area (Å²) in [4.78, 5) is 14.1. The molecule has 6 rings (SSSR count). The van der Waals surface area contributed by atoms with E-state index in [1.165, 1.54) is 51.4 Å². The summed E-state index contributed by atoms with van der Waals surface area (Å²) in [6.45, 7) is 0. The topological polar surface area (TPSA) is 66.8 Å². The molecular weight excluding hydrogens is 412 g/mol. The number of aliphatic hydroxyl groups is 2. The lowest BCUT2D eigenvalue weighted by molar-refractivity contribution is -0.200. The smallest absolute Gasteiger partial charge is 0.309 e. The molecule has 8 atom stereocenters. The van der Waals surface area contributed by atoms with Gasteiger partial charge in [0.25, 0.3) is 0 Å². The van der Waals surface area contributed by atoms with Gasteiger partial charge >= 0.3 is 5.97 Å². The second-order valence-corrected chi connectivity index (χ2v) is 12.9. The zero-order valence-electron chi connectivity index (χ0n) is 20.5. The molecule has 0 bridgehead atoms. The highest BCUT2D eigenvalue weighted by Gasteiger charge is 2.56. The number of carbonyl (C=O) groups excluding carboxylic acids is 1. The first-order valence-corrected chi connectivity index (χ1v) is 14.7. The van der Waals surface area contributed by atoms with Crippen LogP contribution in [0.5, 0.6) is 0 Å². The number of hydrogen-bond donors (Lipinski definition) is 2. The molecule has 0 radical (unpaired) electrons. The number of aliphatic hydroxyl groups excluding tert-OH is 2. The van der Waals surface area contributed by atoms with E-state index in [9.17, 15) is 15.0 Å². The van der Waals surface area contributed by atoms with Crippen LogP contribution in [0.1, 0.15) is 103 Å². The van der Waals surface area contributed by atoms with Crippen LogP contribution in [-0.2, 0) is 9.53 Å². The molecule has 4 heteroatoms. The minimum atomic E-state index is -0.208. The first-order valence-electron chi connectivity index (χ1n) is 14.7. The summed E-state index contributed by atoms with van der Waals surface area (Å²) in [7, 11) is 0. The third-order valence-electron chi connectivity index (χ3n) is 11.5. The van der Waals surface area contributed by atoms with Crippen molar-refractivity contribution in [2.75, 3.05) is 0 Å². The van der Waals surface area contributed by atoms with Crippen molar-refractivity contribution in [2.45, 2.75) is 121 Å². The van der Waals surface area contributed by atoms with Gasteiger partial charge in [-0.05, 0) is 86.9 Å². The predicted molar refractivity (Wildman–Crippen MR) is 127 cm³/mol. The van der Waals surface area contributed by atoms with Crippen molar-refractivity contribution in [2.24, 2.45) is 53.3 Å². The maximum atomic E-state index is 14.1. The summed E-state index contributed by atoms with van der Waals surface area (Å²) >= 11 is 0. The van der Waals surface area contributed by atoms with Crippen molar-refractivity contribution in [3.8, 4) is 0 Å². The Hall–Kier alpha value is -0.610. The van der Waals surface area contributed by atoms with Crippen molar-refractivity contribution in [1.29, 1.82) is 0 Å². The Labute approximate surface area is 200 Å². The lowest BCUT2D eigenvalue weighted by Crippen LogP contribution is -2.58. The molecule has 186 valence electrons. The van der Waals surface area contributed by atoms with Crippen molar-refractivity contribution >= 4 is 5.97 Å². The van der Waals surface area contributed by atoms with E-state index in [1.807, 2.05) is 0 Å². The van der Waals surface area contributed by atoms with Gasteiger partial charge in [-0.1, -0.05) is 51.4 Å².